The normalized spacial score (nSPS) is 11.5. The fourth-order valence-electron chi connectivity index (χ4n) is 1.56. The monoisotopic (exact) mass is 314 g/mol. The molecule has 0 atom stereocenters. The maximum atomic E-state index is 12.9. The minimum atomic E-state index is -4.42. The summed E-state index contributed by atoms with van der Waals surface area (Å²) in [6.07, 6.45) is -2.86. The van der Waals surface area contributed by atoms with Gasteiger partial charge in [-0.15, -0.1) is 0 Å². The summed E-state index contributed by atoms with van der Waals surface area (Å²) in [5, 5.41) is 3.36. The van der Waals surface area contributed by atoms with Crippen LogP contribution in [0.25, 0.3) is 0 Å². The molecule has 0 aromatic carbocycles. The number of alkyl halides is 3. The lowest BCUT2D eigenvalue weighted by atomic mass is 10.2. The van der Waals surface area contributed by atoms with Gasteiger partial charge in [-0.25, -0.2) is 15.0 Å². The van der Waals surface area contributed by atoms with Crippen LogP contribution in [0.5, 0.6) is 0 Å². The van der Waals surface area contributed by atoms with Crippen molar-refractivity contribution >= 4 is 17.6 Å². The summed E-state index contributed by atoms with van der Waals surface area (Å²) in [5.74, 6) is 0.183. The first-order valence-corrected chi connectivity index (χ1v) is 7.01. The van der Waals surface area contributed by atoms with E-state index in [0.29, 0.717) is 11.7 Å². The molecule has 0 unspecified atom stereocenters. The average molecular weight is 314 g/mol. The minimum absolute atomic E-state index is 0.183. The Kier molecular flexibility index (Phi) is 4.66. The van der Waals surface area contributed by atoms with Gasteiger partial charge in [0.05, 0.1) is 5.56 Å². The van der Waals surface area contributed by atoms with E-state index in [1.807, 2.05) is 0 Å². The molecular weight excluding hydrogens is 301 g/mol. The zero-order valence-electron chi connectivity index (χ0n) is 11.4. The van der Waals surface area contributed by atoms with Crippen LogP contribution in [0.1, 0.15) is 18.2 Å². The Morgan fingerprint density at radius 3 is 2.62 bits per heavy atom. The van der Waals surface area contributed by atoms with Crippen molar-refractivity contribution in [2.45, 2.75) is 30.2 Å². The van der Waals surface area contributed by atoms with Gasteiger partial charge in [0.2, 0.25) is 0 Å². The molecule has 2 rings (SSSR count). The second-order valence-corrected chi connectivity index (χ2v) is 5.18. The number of anilines is 1. The number of halogens is 3. The first kappa shape index (κ1) is 15.6. The van der Waals surface area contributed by atoms with Crippen molar-refractivity contribution in [1.82, 2.24) is 15.0 Å². The number of nitrogens with one attached hydrogen (secondary N) is 1. The number of nitrogens with zero attached hydrogens (tertiary/aromatic N) is 3. The van der Waals surface area contributed by atoms with Crippen LogP contribution in [-0.4, -0.2) is 21.5 Å². The van der Waals surface area contributed by atoms with Crippen molar-refractivity contribution in [2.75, 3.05) is 11.9 Å². The molecule has 0 aliphatic heterocycles. The molecule has 0 fully saturated rings. The number of pyridine rings is 1. The molecule has 2 aromatic rings. The van der Waals surface area contributed by atoms with E-state index >= 15 is 0 Å². The molecule has 0 spiro atoms. The quantitative estimate of drug-likeness (QED) is 0.870. The smallest absolute Gasteiger partial charge is 0.370 e. The molecule has 112 valence electrons. The van der Waals surface area contributed by atoms with Gasteiger partial charge in [-0.1, -0.05) is 0 Å². The van der Waals surface area contributed by atoms with Crippen LogP contribution in [0, 0.1) is 6.92 Å². The third-order valence-corrected chi connectivity index (χ3v) is 3.25. The van der Waals surface area contributed by atoms with Gasteiger partial charge in [0.25, 0.3) is 0 Å². The van der Waals surface area contributed by atoms with Crippen LogP contribution in [0.15, 0.2) is 34.6 Å². The molecule has 0 amide bonds. The Balaban J connectivity index is 2.35. The summed E-state index contributed by atoms with van der Waals surface area (Å²) in [5.41, 5.74) is -0.00464. The lowest BCUT2D eigenvalue weighted by Gasteiger charge is -2.11. The zero-order chi connectivity index (χ0) is 15.5. The molecule has 4 nitrogen and oxygen atoms in total. The fourth-order valence-corrected chi connectivity index (χ4v) is 2.38. The Morgan fingerprint density at radius 2 is 2.00 bits per heavy atom. The summed E-state index contributed by atoms with van der Waals surface area (Å²) in [6, 6.07) is 3.70. The number of hydrogen-bond acceptors (Lipinski definition) is 5. The summed E-state index contributed by atoms with van der Waals surface area (Å²) >= 11 is 0.999. The summed E-state index contributed by atoms with van der Waals surface area (Å²) in [6.45, 7) is 4.06. The summed E-state index contributed by atoms with van der Waals surface area (Å²) in [4.78, 5) is 12.3. The largest absolute Gasteiger partial charge is 0.416 e. The molecule has 1 N–H and O–H groups in total. The highest BCUT2D eigenvalue weighted by Gasteiger charge is 2.31. The Morgan fingerprint density at radius 1 is 1.24 bits per heavy atom. The van der Waals surface area contributed by atoms with Crippen LogP contribution in [0.3, 0.4) is 0 Å². The average Bonchev–Trinajstić information content (AvgIpc) is 2.37. The van der Waals surface area contributed by atoms with E-state index in [4.69, 9.17) is 0 Å². The molecule has 2 heterocycles. The van der Waals surface area contributed by atoms with E-state index in [9.17, 15) is 13.2 Å². The molecule has 0 saturated heterocycles. The third kappa shape index (κ3) is 4.32. The molecule has 0 bridgehead atoms. The molecule has 0 radical (unpaired) electrons. The number of aromatic nitrogens is 3. The highest BCUT2D eigenvalue weighted by molar-refractivity contribution is 7.99. The van der Waals surface area contributed by atoms with Gasteiger partial charge < -0.3 is 5.32 Å². The first-order valence-electron chi connectivity index (χ1n) is 6.19. The molecule has 0 aliphatic carbocycles. The maximum absolute atomic E-state index is 12.9. The van der Waals surface area contributed by atoms with Crippen molar-refractivity contribution in [1.29, 1.82) is 0 Å². The van der Waals surface area contributed by atoms with Gasteiger partial charge in [-0.2, -0.15) is 13.2 Å². The van der Waals surface area contributed by atoms with Gasteiger partial charge in [0.15, 0.2) is 5.16 Å². The highest BCUT2D eigenvalue weighted by atomic mass is 32.2. The topological polar surface area (TPSA) is 50.7 Å². The van der Waals surface area contributed by atoms with Gasteiger partial charge in [-0.05, 0) is 43.8 Å². The second kappa shape index (κ2) is 6.30. The SMILES string of the molecule is CCNc1cc(C(F)(F)F)cc(Sc2nccc(C)n2)n1. The number of aryl methyl sites for hydroxylation is 1. The van der Waals surface area contributed by atoms with Crippen molar-refractivity contribution in [3.63, 3.8) is 0 Å². The lowest BCUT2D eigenvalue weighted by molar-refractivity contribution is -0.137. The molecular formula is C13H13F3N4S. The van der Waals surface area contributed by atoms with Gasteiger partial charge in [0, 0.05) is 18.4 Å². The number of hydrogen-bond donors (Lipinski definition) is 1. The van der Waals surface area contributed by atoms with E-state index in [0.717, 1.165) is 29.6 Å². The Bertz CT molecular complexity index is 631. The van der Waals surface area contributed by atoms with E-state index in [1.54, 1.807) is 26.1 Å². The third-order valence-electron chi connectivity index (χ3n) is 2.46. The van der Waals surface area contributed by atoms with Gasteiger partial charge >= 0.3 is 6.18 Å². The first-order chi connectivity index (χ1) is 9.88. The lowest BCUT2D eigenvalue weighted by Crippen LogP contribution is -2.08. The highest BCUT2D eigenvalue weighted by Crippen LogP contribution is 2.34. The number of rotatable bonds is 4. The Labute approximate surface area is 124 Å². The molecule has 0 saturated carbocycles. The van der Waals surface area contributed by atoms with Gasteiger partial charge in [0.1, 0.15) is 10.8 Å². The summed E-state index contributed by atoms with van der Waals surface area (Å²) in [7, 11) is 0. The van der Waals surface area contributed by atoms with Crippen LogP contribution < -0.4 is 5.32 Å². The second-order valence-electron chi connectivity index (χ2n) is 4.19. The predicted octanol–water partition coefficient (Wildman–Crippen LogP) is 3.78. The molecule has 8 heteroatoms. The predicted molar refractivity (Wildman–Crippen MR) is 74.3 cm³/mol. The molecule has 0 aliphatic rings. The van der Waals surface area contributed by atoms with Crippen molar-refractivity contribution in [3.8, 4) is 0 Å². The van der Waals surface area contributed by atoms with Crippen molar-refractivity contribution in [3.05, 3.63) is 35.7 Å². The summed E-state index contributed by atoms with van der Waals surface area (Å²) < 4.78 is 38.7. The van der Waals surface area contributed by atoms with Crippen molar-refractivity contribution < 1.29 is 13.2 Å². The molecule has 2 aromatic heterocycles. The Hall–Kier alpha value is -1.83. The van der Waals surface area contributed by atoms with Crippen molar-refractivity contribution in [2.24, 2.45) is 0 Å². The molecule has 21 heavy (non-hydrogen) atoms. The van der Waals surface area contributed by atoms with Gasteiger partial charge in [-0.3, -0.25) is 0 Å². The zero-order valence-corrected chi connectivity index (χ0v) is 12.2. The van der Waals surface area contributed by atoms with E-state index in [2.05, 4.69) is 20.3 Å². The standard InChI is InChI=1S/C13H13F3N4S/c1-3-17-10-6-9(13(14,15)16)7-11(20-10)21-12-18-5-4-8(2)19-12/h4-7H,3H2,1-2H3,(H,17,20). The maximum Gasteiger partial charge on any atom is 0.416 e. The van der Waals surface area contributed by atoms with Crippen LogP contribution in [0.4, 0.5) is 19.0 Å². The van der Waals surface area contributed by atoms with E-state index in [1.165, 1.54) is 0 Å². The van der Waals surface area contributed by atoms with Crippen LogP contribution in [-0.2, 0) is 6.18 Å². The van der Waals surface area contributed by atoms with E-state index in [-0.39, 0.29) is 10.8 Å². The van der Waals surface area contributed by atoms with Crippen LogP contribution >= 0.6 is 11.8 Å². The minimum Gasteiger partial charge on any atom is -0.370 e. The van der Waals surface area contributed by atoms with Crippen LogP contribution in [0.2, 0.25) is 0 Å². The van der Waals surface area contributed by atoms with E-state index < -0.39 is 11.7 Å². The fraction of sp³-hybridized carbons (Fsp3) is 0.308.